The molecule has 0 saturated carbocycles. The number of aliphatic hydroxyl groups is 1. The van der Waals surface area contributed by atoms with Gasteiger partial charge in [0.05, 0.1) is 17.6 Å². The van der Waals surface area contributed by atoms with Crippen molar-refractivity contribution in [2.45, 2.75) is 19.9 Å². The number of nitrogens with zero attached hydrogens (tertiary/aromatic N) is 1. The van der Waals surface area contributed by atoms with Gasteiger partial charge in [-0.2, -0.15) is 0 Å². The number of carbonyl (C=O) groups excluding carboxylic acids is 1. The maximum Gasteiger partial charge on any atom is 0.319 e. The van der Waals surface area contributed by atoms with E-state index >= 15 is 0 Å². The van der Waals surface area contributed by atoms with E-state index in [4.69, 9.17) is 5.11 Å². The summed E-state index contributed by atoms with van der Waals surface area (Å²) in [7, 11) is 0. The van der Waals surface area contributed by atoms with Crippen LogP contribution in [0.5, 0.6) is 0 Å². The summed E-state index contributed by atoms with van der Waals surface area (Å²) < 4.78 is 0. The molecular formula is C11H15N3O4. The fraction of sp³-hybridized carbons (Fsp3) is 0.364. The Labute approximate surface area is 104 Å². The van der Waals surface area contributed by atoms with Crippen LogP contribution in [0, 0.1) is 17.0 Å². The van der Waals surface area contributed by atoms with E-state index in [1.54, 1.807) is 26.0 Å². The lowest BCUT2D eigenvalue weighted by Crippen LogP contribution is -2.38. The summed E-state index contributed by atoms with van der Waals surface area (Å²) in [6, 6.07) is 3.52. The van der Waals surface area contributed by atoms with Gasteiger partial charge in [-0.05, 0) is 19.9 Å². The summed E-state index contributed by atoms with van der Waals surface area (Å²) >= 11 is 0. The highest BCUT2D eigenvalue weighted by Crippen LogP contribution is 2.22. The van der Waals surface area contributed by atoms with E-state index in [0.717, 1.165) is 0 Å². The van der Waals surface area contributed by atoms with Crippen LogP contribution in [0.15, 0.2) is 18.2 Å². The lowest BCUT2D eigenvalue weighted by atomic mass is 10.2. The van der Waals surface area contributed by atoms with Crippen molar-refractivity contribution >= 4 is 17.4 Å². The lowest BCUT2D eigenvalue weighted by Gasteiger charge is -2.12. The molecule has 0 radical (unpaired) electrons. The van der Waals surface area contributed by atoms with E-state index in [0.29, 0.717) is 11.3 Å². The van der Waals surface area contributed by atoms with Crippen LogP contribution < -0.4 is 10.6 Å². The van der Waals surface area contributed by atoms with Gasteiger partial charge in [0.15, 0.2) is 0 Å². The fourth-order valence-corrected chi connectivity index (χ4v) is 1.32. The summed E-state index contributed by atoms with van der Waals surface area (Å²) in [5, 5.41) is 24.4. The van der Waals surface area contributed by atoms with Gasteiger partial charge in [0.2, 0.25) is 0 Å². The number of amides is 2. The number of aryl methyl sites for hydroxylation is 1. The molecule has 7 nitrogen and oxygen atoms in total. The second-order valence-electron chi connectivity index (χ2n) is 3.94. The van der Waals surface area contributed by atoms with Crippen LogP contribution in [0.4, 0.5) is 16.2 Å². The summed E-state index contributed by atoms with van der Waals surface area (Å²) in [4.78, 5) is 21.7. The van der Waals surface area contributed by atoms with Crippen molar-refractivity contribution in [3.05, 3.63) is 33.9 Å². The van der Waals surface area contributed by atoms with E-state index in [1.807, 2.05) is 0 Å². The number of hydrogen-bond donors (Lipinski definition) is 3. The number of carbonyl (C=O) groups is 1. The number of benzene rings is 1. The maximum atomic E-state index is 11.4. The molecule has 0 aliphatic carbocycles. The molecule has 0 aliphatic heterocycles. The van der Waals surface area contributed by atoms with Crippen molar-refractivity contribution in [1.82, 2.24) is 5.32 Å². The Morgan fingerprint density at radius 3 is 2.78 bits per heavy atom. The molecule has 1 aromatic carbocycles. The number of urea groups is 1. The van der Waals surface area contributed by atoms with Crippen molar-refractivity contribution in [1.29, 1.82) is 0 Å². The van der Waals surface area contributed by atoms with Crippen molar-refractivity contribution in [3.63, 3.8) is 0 Å². The van der Waals surface area contributed by atoms with Crippen molar-refractivity contribution in [3.8, 4) is 0 Å². The van der Waals surface area contributed by atoms with Crippen LogP contribution in [-0.4, -0.2) is 28.7 Å². The van der Waals surface area contributed by atoms with E-state index in [-0.39, 0.29) is 18.3 Å². The predicted octanol–water partition coefficient (Wildman–Crippen LogP) is 1.41. The van der Waals surface area contributed by atoms with Crippen LogP contribution in [0.1, 0.15) is 12.5 Å². The zero-order valence-corrected chi connectivity index (χ0v) is 10.1. The molecule has 18 heavy (non-hydrogen) atoms. The van der Waals surface area contributed by atoms with E-state index in [9.17, 15) is 14.9 Å². The third kappa shape index (κ3) is 3.70. The summed E-state index contributed by atoms with van der Waals surface area (Å²) in [6.45, 7) is 3.08. The van der Waals surface area contributed by atoms with Crippen LogP contribution in [-0.2, 0) is 0 Å². The number of nitro groups is 1. The van der Waals surface area contributed by atoms with Crippen molar-refractivity contribution < 1.29 is 14.8 Å². The van der Waals surface area contributed by atoms with Gasteiger partial charge in [0.1, 0.15) is 0 Å². The minimum atomic E-state index is -0.519. The molecule has 0 unspecified atom stereocenters. The van der Waals surface area contributed by atoms with E-state index in [1.165, 1.54) is 6.07 Å². The molecule has 7 heteroatoms. The molecular weight excluding hydrogens is 238 g/mol. The highest BCUT2D eigenvalue weighted by Gasteiger charge is 2.12. The SMILES string of the molecule is Cc1ccc(NC(=O)N[C@H](C)CO)cc1[N+](=O)[O-]. The molecule has 0 aromatic heterocycles. The first-order valence-corrected chi connectivity index (χ1v) is 5.37. The van der Waals surface area contributed by atoms with Gasteiger partial charge >= 0.3 is 6.03 Å². The lowest BCUT2D eigenvalue weighted by molar-refractivity contribution is -0.385. The topological polar surface area (TPSA) is 104 Å². The Kier molecular flexibility index (Phi) is 4.61. The standard InChI is InChI=1S/C11H15N3O4/c1-7-3-4-9(5-10(7)14(17)18)13-11(16)12-8(2)6-15/h3-5,8,15H,6H2,1-2H3,(H2,12,13,16)/t8-/m1/s1. The molecule has 0 saturated heterocycles. The third-order valence-electron chi connectivity index (χ3n) is 2.32. The number of hydrogen-bond acceptors (Lipinski definition) is 4. The second kappa shape index (κ2) is 5.97. The largest absolute Gasteiger partial charge is 0.394 e. The van der Waals surface area contributed by atoms with Gasteiger partial charge in [-0.25, -0.2) is 4.79 Å². The third-order valence-corrected chi connectivity index (χ3v) is 2.32. The molecule has 0 aliphatic rings. The Bertz CT molecular complexity index is 462. The molecule has 3 N–H and O–H groups in total. The van der Waals surface area contributed by atoms with Crippen LogP contribution in [0.2, 0.25) is 0 Å². The van der Waals surface area contributed by atoms with Gasteiger partial charge in [-0.1, -0.05) is 6.07 Å². The predicted molar refractivity (Wildman–Crippen MR) is 66.5 cm³/mol. The van der Waals surface area contributed by atoms with E-state index < -0.39 is 11.0 Å². The van der Waals surface area contributed by atoms with E-state index in [2.05, 4.69) is 10.6 Å². The Balaban J connectivity index is 2.76. The molecule has 1 aromatic rings. The van der Waals surface area contributed by atoms with Crippen molar-refractivity contribution in [2.75, 3.05) is 11.9 Å². The Morgan fingerprint density at radius 2 is 2.22 bits per heavy atom. The summed E-state index contributed by atoms with van der Waals surface area (Å²) in [5.41, 5.74) is 0.799. The first-order chi connectivity index (χ1) is 8.43. The van der Waals surface area contributed by atoms with Gasteiger partial charge in [0.25, 0.3) is 5.69 Å². The highest BCUT2D eigenvalue weighted by atomic mass is 16.6. The summed E-state index contributed by atoms with van der Waals surface area (Å²) in [5.74, 6) is 0. The van der Waals surface area contributed by atoms with Gasteiger partial charge in [-0.3, -0.25) is 10.1 Å². The van der Waals surface area contributed by atoms with Gasteiger partial charge in [0, 0.05) is 17.3 Å². The smallest absolute Gasteiger partial charge is 0.319 e. The molecule has 0 spiro atoms. The molecule has 1 atom stereocenters. The van der Waals surface area contributed by atoms with Crippen LogP contribution >= 0.6 is 0 Å². The summed E-state index contributed by atoms with van der Waals surface area (Å²) in [6.07, 6.45) is 0. The molecule has 0 fully saturated rings. The molecule has 2 amide bonds. The average molecular weight is 253 g/mol. The quantitative estimate of drug-likeness (QED) is 0.557. The number of nitrogens with one attached hydrogen (secondary N) is 2. The first-order valence-electron chi connectivity index (χ1n) is 5.37. The zero-order chi connectivity index (χ0) is 13.7. The number of aliphatic hydroxyl groups excluding tert-OH is 1. The molecule has 0 heterocycles. The first kappa shape index (κ1) is 13.9. The minimum Gasteiger partial charge on any atom is -0.394 e. The Hall–Kier alpha value is -2.15. The van der Waals surface area contributed by atoms with Crippen molar-refractivity contribution in [2.24, 2.45) is 0 Å². The number of anilines is 1. The zero-order valence-electron chi connectivity index (χ0n) is 10.1. The monoisotopic (exact) mass is 253 g/mol. The van der Waals surface area contributed by atoms with Crippen LogP contribution in [0.3, 0.4) is 0 Å². The fourth-order valence-electron chi connectivity index (χ4n) is 1.32. The van der Waals surface area contributed by atoms with Crippen LogP contribution in [0.25, 0.3) is 0 Å². The highest BCUT2D eigenvalue weighted by molar-refractivity contribution is 5.89. The molecule has 98 valence electrons. The maximum absolute atomic E-state index is 11.4. The minimum absolute atomic E-state index is 0.0528. The molecule has 1 rings (SSSR count). The number of nitro benzene ring substituents is 1. The van der Waals surface area contributed by atoms with Gasteiger partial charge < -0.3 is 15.7 Å². The average Bonchev–Trinajstić information content (AvgIpc) is 2.31. The second-order valence-corrected chi connectivity index (χ2v) is 3.94. The van der Waals surface area contributed by atoms with Gasteiger partial charge in [-0.15, -0.1) is 0 Å². The molecule has 0 bridgehead atoms. The normalized spacial score (nSPS) is 11.7. The number of rotatable bonds is 4. The Morgan fingerprint density at radius 1 is 1.56 bits per heavy atom.